The first-order chi connectivity index (χ1) is 16.1. The van der Waals surface area contributed by atoms with E-state index in [1.54, 1.807) is 24.3 Å². The summed E-state index contributed by atoms with van der Waals surface area (Å²) < 4.78 is 5.48. The van der Waals surface area contributed by atoms with Gasteiger partial charge in [-0.15, -0.1) is 0 Å². The molecule has 33 heavy (non-hydrogen) atoms. The first-order valence-corrected chi connectivity index (χ1v) is 11.0. The van der Waals surface area contributed by atoms with Crippen molar-refractivity contribution in [3.63, 3.8) is 0 Å². The first-order valence-electron chi connectivity index (χ1n) is 10.6. The third-order valence-electron chi connectivity index (χ3n) is 5.91. The standard InChI is InChI=1S/C27H22ClN3O2/c1-30-23-10-4-5-11-24(23)31(17-19-8-7-15-29-26(19)30)27(32)21-14-13-18(16-22(21)28)20-9-3-6-12-25(20)33-2/h3-16H,17H2,1-2H3. The number of hydrogen-bond donors (Lipinski definition) is 0. The van der Waals surface area contributed by atoms with Gasteiger partial charge < -0.3 is 14.5 Å². The van der Waals surface area contributed by atoms with Crippen LogP contribution < -0.4 is 14.5 Å². The van der Waals surface area contributed by atoms with Gasteiger partial charge in [-0.25, -0.2) is 4.98 Å². The minimum absolute atomic E-state index is 0.163. The van der Waals surface area contributed by atoms with Crippen molar-refractivity contribution in [3.8, 4) is 16.9 Å². The highest BCUT2D eigenvalue weighted by Crippen LogP contribution is 2.40. The lowest BCUT2D eigenvalue weighted by molar-refractivity contribution is 0.0985. The zero-order valence-electron chi connectivity index (χ0n) is 18.3. The van der Waals surface area contributed by atoms with E-state index in [9.17, 15) is 4.79 Å². The number of hydrogen-bond acceptors (Lipinski definition) is 4. The molecule has 1 aliphatic rings. The molecule has 0 saturated heterocycles. The van der Waals surface area contributed by atoms with Crippen molar-refractivity contribution in [2.24, 2.45) is 0 Å². The molecule has 1 aromatic heterocycles. The third-order valence-corrected chi connectivity index (χ3v) is 6.22. The van der Waals surface area contributed by atoms with Crippen molar-refractivity contribution in [3.05, 3.63) is 101 Å². The van der Waals surface area contributed by atoms with Gasteiger partial charge in [-0.2, -0.15) is 0 Å². The lowest BCUT2D eigenvalue weighted by atomic mass is 10.0. The molecule has 3 aromatic carbocycles. The molecule has 0 fully saturated rings. The SMILES string of the molecule is COc1ccccc1-c1ccc(C(=O)N2Cc3cccnc3N(C)c3ccccc32)c(Cl)c1. The smallest absolute Gasteiger partial charge is 0.260 e. The molecule has 5 rings (SSSR count). The maximum absolute atomic E-state index is 13.8. The Morgan fingerprint density at radius 1 is 0.970 bits per heavy atom. The number of methoxy groups -OCH3 is 1. The van der Waals surface area contributed by atoms with Gasteiger partial charge in [0.1, 0.15) is 11.6 Å². The van der Waals surface area contributed by atoms with E-state index in [1.807, 2.05) is 84.7 Å². The van der Waals surface area contributed by atoms with Crippen LogP contribution >= 0.6 is 11.6 Å². The van der Waals surface area contributed by atoms with Crippen LogP contribution in [-0.2, 0) is 6.54 Å². The Morgan fingerprint density at radius 2 is 1.73 bits per heavy atom. The molecule has 0 saturated carbocycles. The van der Waals surface area contributed by atoms with E-state index >= 15 is 0 Å². The van der Waals surface area contributed by atoms with Crippen molar-refractivity contribution in [2.75, 3.05) is 24.0 Å². The number of ether oxygens (including phenoxy) is 1. The average molecular weight is 456 g/mol. The highest BCUT2D eigenvalue weighted by molar-refractivity contribution is 6.35. The molecule has 1 amide bonds. The van der Waals surface area contributed by atoms with E-state index in [0.717, 1.165) is 39.6 Å². The summed E-state index contributed by atoms with van der Waals surface area (Å²) in [4.78, 5) is 22.1. The highest BCUT2D eigenvalue weighted by atomic mass is 35.5. The van der Waals surface area contributed by atoms with Gasteiger partial charge in [0, 0.05) is 24.4 Å². The van der Waals surface area contributed by atoms with Crippen LogP contribution in [0.15, 0.2) is 85.1 Å². The lowest BCUT2D eigenvalue weighted by Gasteiger charge is -2.24. The summed E-state index contributed by atoms with van der Waals surface area (Å²) in [6.07, 6.45) is 1.77. The van der Waals surface area contributed by atoms with E-state index in [4.69, 9.17) is 16.3 Å². The van der Waals surface area contributed by atoms with Crippen molar-refractivity contribution < 1.29 is 9.53 Å². The Labute approximate surface area is 197 Å². The Hall–Kier alpha value is -3.83. The van der Waals surface area contributed by atoms with Crippen LogP contribution in [0.4, 0.5) is 17.2 Å². The normalized spacial score (nSPS) is 12.6. The molecule has 1 aliphatic heterocycles. The molecule has 0 bridgehead atoms. The Morgan fingerprint density at radius 3 is 2.52 bits per heavy atom. The number of carbonyl (C=O) groups is 1. The van der Waals surface area contributed by atoms with Crippen molar-refractivity contribution in [1.29, 1.82) is 0 Å². The molecule has 2 heterocycles. The summed E-state index contributed by atoms with van der Waals surface area (Å²) in [6.45, 7) is 0.397. The third kappa shape index (κ3) is 3.70. The largest absolute Gasteiger partial charge is 0.496 e. The van der Waals surface area contributed by atoms with E-state index in [-0.39, 0.29) is 5.91 Å². The van der Waals surface area contributed by atoms with Crippen molar-refractivity contribution in [1.82, 2.24) is 4.98 Å². The van der Waals surface area contributed by atoms with Gasteiger partial charge in [0.2, 0.25) is 0 Å². The van der Waals surface area contributed by atoms with Crippen molar-refractivity contribution >= 4 is 34.7 Å². The van der Waals surface area contributed by atoms with Gasteiger partial charge in [-0.3, -0.25) is 4.79 Å². The second kappa shape index (κ2) is 8.60. The van der Waals surface area contributed by atoms with Crippen LogP contribution in [0.3, 0.4) is 0 Å². The van der Waals surface area contributed by atoms with Crippen LogP contribution in [0.25, 0.3) is 11.1 Å². The van der Waals surface area contributed by atoms with E-state index < -0.39 is 0 Å². The minimum Gasteiger partial charge on any atom is -0.496 e. The number of benzene rings is 3. The summed E-state index contributed by atoms with van der Waals surface area (Å²) in [6, 6.07) is 25.0. The summed E-state index contributed by atoms with van der Waals surface area (Å²) in [7, 11) is 3.60. The monoisotopic (exact) mass is 455 g/mol. The second-order valence-electron chi connectivity index (χ2n) is 7.82. The Kier molecular flexibility index (Phi) is 5.48. The fourth-order valence-electron chi connectivity index (χ4n) is 4.27. The van der Waals surface area contributed by atoms with Crippen LogP contribution in [0, 0.1) is 0 Å². The predicted molar refractivity (Wildman–Crippen MR) is 133 cm³/mol. The van der Waals surface area contributed by atoms with Crippen LogP contribution in [0.2, 0.25) is 5.02 Å². The van der Waals surface area contributed by atoms with Gasteiger partial charge in [0.05, 0.1) is 35.6 Å². The summed E-state index contributed by atoms with van der Waals surface area (Å²) in [5, 5.41) is 0.393. The Balaban J connectivity index is 1.57. The number of nitrogens with zero attached hydrogens (tertiary/aromatic N) is 3. The maximum atomic E-state index is 13.8. The van der Waals surface area contributed by atoms with E-state index in [2.05, 4.69) is 4.98 Å². The number of fused-ring (bicyclic) bond motifs is 2. The zero-order valence-corrected chi connectivity index (χ0v) is 19.1. The molecule has 5 nitrogen and oxygen atoms in total. The van der Waals surface area contributed by atoms with Gasteiger partial charge in [-0.05, 0) is 42.0 Å². The first kappa shape index (κ1) is 21.0. The van der Waals surface area contributed by atoms with Crippen LogP contribution in [-0.4, -0.2) is 25.0 Å². The molecule has 0 atom stereocenters. The number of carbonyl (C=O) groups excluding carboxylic acids is 1. The van der Waals surface area contributed by atoms with Gasteiger partial charge >= 0.3 is 0 Å². The fourth-order valence-corrected chi connectivity index (χ4v) is 4.53. The molecule has 0 aliphatic carbocycles. The molecule has 0 N–H and O–H groups in total. The van der Waals surface area contributed by atoms with Crippen LogP contribution in [0.1, 0.15) is 15.9 Å². The van der Waals surface area contributed by atoms with Crippen LogP contribution in [0.5, 0.6) is 5.75 Å². The minimum atomic E-state index is -0.163. The van der Waals surface area contributed by atoms with E-state index in [0.29, 0.717) is 17.1 Å². The highest BCUT2D eigenvalue weighted by Gasteiger charge is 2.29. The number of rotatable bonds is 3. The molecule has 6 heteroatoms. The van der Waals surface area contributed by atoms with E-state index in [1.165, 1.54) is 0 Å². The Bertz CT molecular complexity index is 1350. The number of para-hydroxylation sites is 3. The number of pyridine rings is 1. The summed E-state index contributed by atoms with van der Waals surface area (Å²) in [5.74, 6) is 1.42. The number of anilines is 3. The maximum Gasteiger partial charge on any atom is 0.260 e. The molecular weight excluding hydrogens is 434 g/mol. The summed E-state index contributed by atoms with van der Waals surface area (Å²) >= 11 is 6.67. The predicted octanol–water partition coefficient (Wildman–Crippen LogP) is 6.34. The average Bonchev–Trinajstić information content (AvgIpc) is 2.98. The lowest BCUT2D eigenvalue weighted by Crippen LogP contribution is -2.30. The summed E-state index contributed by atoms with van der Waals surface area (Å²) in [5.41, 5.74) is 4.94. The van der Waals surface area contributed by atoms with Gasteiger partial charge in [0.25, 0.3) is 5.91 Å². The molecule has 0 radical (unpaired) electrons. The molecule has 164 valence electrons. The second-order valence-corrected chi connectivity index (χ2v) is 8.23. The fraction of sp³-hybridized carbons (Fsp3) is 0.111. The number of aromatic nitrogens is 1. The van der Waals surface area contributed by atoms with Gasteiger partial charge in [0.15, 0.2) is 0 Å². The van der Waals surface area contributed by atoms with Crippen molar-refractivity contribution in [2.45, 2.75) is 6.54 Å². The number of halogens is 1. The molecule has 4 aromatic rings. The quantitative estimate of drug-likeness (QED) is 0.361. The molecule has 0 spiro atoms. The molecular formula is C27H22ClN3O2. The zero-order chi connectivity index (χ0) is 22.9. The topological polar surface area (TPSA) is 45.7 Å². The number of amides is 1. The molecule has 0 unspecified atom stereocenters. The van der Waals surface area contributed by atoms with Gasteiger partial charge in [-0.1, -0.05) is 54.1 Å².